The zero-order valence-corrected chi connectivity index (χ0v) is 12.8. The number of aromatic nitrogens is 2. The molecule has 0 saturated heterocycles. The zero-order valence-electron chi connectivity index (χ0n) is 12.0. The summed E-state index contributed by atoms with van der Waals surface area (Å²) in [6.07, 6.45) is 5.11. The molecule has 20 heavy (non-hydrogen) atoms. The second-order valence-corrected chi connectivity index (χ2v) is 7.13. The number of thioether (sulfide) groups is 1. The van der Waals surface area contributed by atoms with Crippen molar-refractivity contribution >= 4 is 17.7 Å². The van der Waals surface area contributed by atoms with E-state index < -0.39 is 0 Å². The van der Waals surface area contributed by atoms with Gasteiger partial charge >= 0.3 is 0 Å². The monoisotopic (exact) mass is 295 g/mol. The van der Waals surface area contributed by atoms with Gasteiger partial charge in [0.15, 0.2) is 0 Å². The van der Waals surface area contributed by atoms with E-state index in [0.29, 0.717) is 28.8 Å². The molecular weight excluding hydrogens is 274 g/mol. The van der Waals surface area contributed by atoms with Crippen LogP contribution in [-0.4, -0.2) is 27.9 Å². The van der Waals surface area contributed by atoms with Crippen molar-refractivity contribution < 1.29 is 9.21 Å². The summed E-state index contributed by atoms with van der Waals surface area (Å²) < 4.78 is 5.48. The Hall–Kier alpha value is -1.04. The first-order chi connectivity index (χ1) is 9.61. The van der Waals surface area contributed by atoms with E-state index in [1.165, 1.54) is 37.4 Å². The molecule has 1 heterocycles. The summed E-state index contributed by atoms with van der Waals surface area (Å²) in [4.78, 5) is 12.0. The second-order valence-electron chi connectivity index (χ2n) is 6.20. The maximum absolute atomic E-state index is 12.0. The average molecular weight is 295 g/mol. The molecule has 110 valence electrons. The van der Waals surface area contributed by atoms with Crippen LogP contribution in [0.4, 0.5) is 0 Å². The first-order valence-electron chi connectivity index (χ1n) is 7.37. The van der Waals surface area contributed by atoms with Gasteiger partial charge in [-0.05, 0) is 31.1 Å². The van der Waals surface area contributed by atoms with E-state index in [0.717, 1.165) is 5.92 Å². The molecule has 0 aromatic carbocycles. The minimum atomic E-state index is 0.0804. The van der Waals surface area contributed by atoms with E-state index in [1.807, 2.05) is 13.8 Å². The quantitative estimate of drug-likeness (QED) is 0.846. The van der Waals surface area contributed by atoms with Crippen molar-refractivity contribution in [2.75, 3.05) is 5.75 Å². The van der Waals surface area contributed by atoms with Crippen molar-refractivity contribution in [3.05, 3.63) is 5.89 Å². The topological polar surface area (TPSA) is 68.0 Å². The summed E-state index contributed by atoms with van der Waals surface area (Å²) >= 11 is 1.32. The molecule has 6 heteroatoms. The summed E-state index contributed by atoms with van der Waals surface area (Å²) in [6.45, 7) is 4.01. The molecule has 1 amide bonds. The van der Waals surface area contributed by atoms with Crippen LogP contribution in [0.25, 0.3) is 0 Å². The van der Waals surface area contributed by atoms with Crippen LogP contribution in [0.15, 0.2) is 9.64 Å². The highest BCUT2D eigenvalue weighted by Gasteiger charge is 2.39. The Labute approximate surface area is 123 Å². The minimum Gasteiger partial charge on any atom is -0.416 e. The van der Waals surface area contributed by atoms with Gasteiger partial charge in [-0.1, -0.05) is 32.0 Å². The number of fused-ring (bicyclic) bond motifs is 2. The van der Waals surface area contributed by atoms with E-state index in [-0.39, 0.29) is 11.8 Å². The molecule has 3 atom stereocenters. The molecule has 2 aliphatic carbocycles. The van der Waals surface area contributed by atoms with Gasteiger partial charge in [-0.25, -0.2) is 0 Å². The first-order valence-corrected chi connectivity index (χ1v) is 8.36. The third-order valence-corrected chi connectivity index (χ3v) is 5.15. The predicted octanol–water partition coefficient (Wildman–Crippen LogP) is 2.59. The molecule has 0 aliphatic heterocycles. The number of rotatable bonds is 5. The third-order valence-electron chi connectivity index (χ3n) is 4.33. The fraction of sp³-hybridized carbons (Fsp3) is 0.786. The van der Waals surface area contributed by atoms with Crippen LogP contribution < -0.4 is 5.32 Å². The van der Waals surface area contributed by atoms with Gasteiger partial charge in [0.2, 0.25) is 11.8 Å². The van der Waals surface area contributed by atoms with Crippen LogP contribution in [0, 0.1) is 11.8 Å². The highest BCUT2D eigenvalue weighted by atomic mass is 32.2. The number of amides is 1. The summed E-state index contributed by atoms with van der Waals surface area (Å²) in [7, 11) is 0. The van der Waals surface area contributed by atoms with E-state index in [1.54, 1.807) is 0 Å². The standard InChI is InChI=1S/C14H21N3O2S/c1-8(2)13-16-17-14(19-13)20-7-12(18)15-11-6-9-3-4-10(11)5-9/h8-11H,3-7H2,1-2H3,(H,15,18)/t9-,10+,11-/m0/s1. The largest absolute Gasteiger partial charge is 0.416 e. The lowest BCUT2D eigenvalue weighted by atomic mass is 9.95. The van der Waals surface area contributed by atoms with Crippen LogP contribution >= 0.6 is 11.8 Å². The second kappa shape index (κ2) is 5.76. The van der Waals surface area contributed by atoms with Gasteiger partial charge in [0.25, 0.3) is 5.22 Å². The summed E-state index contributed by atoms with van der Waals surface area (Å²) in [5.41, 5.74) is 0. The number of nitrogens with one attached hydrogen (secondary N) is 1. The van der Waals surface area contributed by atoms with Crippen LogP contribution in [-0.2, 0) is 4.79 Å². The SMILES string of the molecule is CC(C)c1nnc(SCC(=O)N[C@H]2C[C@H]3CC[C@@H]2C3)o1. The highest BCUT2D eigenvalue weighted by molar-refractivity contribution is 7.99. The average Bonchev–Trinajstić information content (AvgIpc) is 3.12. The van der Waals surface area contributed by atoms with Crippen LogP contribution in [0.5, 0.6) is 0 Å². The smallest absolute Gasteiger partial charge is 0.277 e. The van der Waals surface area contributed by atoms with Gasteiger partial charge in [0.05, 0.1) is 5.75 Å². The Morgan fingerprint density at radius 3 is 2.85 bits per heavy atom. The van der Waals surface area contributed by atoms with Crippen molar-refractivity contribution in [3.63, 3.8) is 0 Å². The highest BCUT2D eigenvalue weighted by Crippen LogP contribution is 2.44. The molecule has 5 nitrogen and oxygen atoms in total. The van der Waals surface area contributed by atoms with Crippen LogP contribution in [0.3, 0.4) is 0 Å². The normalized spacial score (nSPS) is 28.2. The van der Waals surface area contributed by atoms with Gasteiger partial charge < -0.3 is 9.73 Å². The Kier molecular flexibility index (Phi) is 4.01. The van der Waals surface area contributed by atoms with Gasteiger partial charge in [-0.2, -0.15) is 0 Å². The fourth-order valence-electron chi connectivity index (χ4n) is 3.31. The van der Waals surface area contributed by atoms with Crippen molar-refractivity contribution in [3.8, 4) is 0 Å². The van der Waals surface area contributed by atoms with Crippen LogP contribution in [0.2, 0.25) is 0 Å². The Balaban J connectivity index is 1.44. The molecule has 2 aliphatic rings. The number of carbonyl (C=O) groups excluding carboxylic acids is 1. The lowest BCUT2D eigenvalue weighted by molar-refractivity contribution is -0.119. The number of carbonyl (C=O) groups is 1. The molecule has 0 unspecified atom stereocenters. The number of nitrogens with zero attached hydrogens (tertiary/aromatic N) is 2. The van der Waals surface area contributed by atoms with Gasteiger partial charge in [0, 0.05) is 12.0 Å². The lowest BCUT2D eigenvalue weighted by Gasteiger charge is -2.22. The number of hydrogen-bond donors (Lipinski definition) is 1. The molecule has 3 rings (SSSR count). The summed E-state index contributed by atoms with van der Waals surface area (Å²) in [6, 6.07) is 0.399. The lowest BCUT2D eigenvalue weighted by Crippen LogP contribution is -2.39. The molecule has 0 radical (unpaired) electrons. The molecule has 0 spiro atoms. The molecule has 2 fully saturated rings. The van der Waals surface area contributed by atoms with E-state index in [2.05, 4.69) is 15.5 Å². The molecule has 2 bridgehead atoms. The zero-order chi connectivity index (χ0) is 14.1. The van der Waals surface area contributed by atoms with Gasteiger partial charge in [-0.3, -0.25) is 4.79 Å². The van der Waals surface area contributed by atoms with Crippen molar-refractivity contribution in [2.45, 2.75) is 56.7 Å². The Morgan fingerprint density at radius 1 is 1.40 bits per heavy atom. The van der Waals surface area contributed by atoms with E-state index in [9.17, 15) is 4.79 Å². The van der Waals surface area contributed by atoms with E-state index >= 15 is 0 Å². The molecule has 1 aromatic heterocycles. The Bertz CT molecular complexity index is 489. The van der Waals surface area contributed by atoms with Gasteiger partial charge in [-0.15, -0.1) is 10.2 Å². The molecule has 2 saturated carbocycles. The molecule has 1 N–H and O–H groups in total. The molecular formula is C14H21N3O2S. The maximum Gasteiger partial charge on any atom is 0.277 e. The maximum atomic E-state index is 12.0. The predicted molar refractivity (Wildman–Crippen MR) is 76.5 cm³/mol. The van der Waals surface area contributed by atoms with Crippen molar-refractivity contribution in [2.24, 2.45) is 11.8 Å². The fourth-order valence-corrected chi connectivity index (χ4v) is 3.89. The summed E-state index contributed by atoms with van der Waals surface area (Å²) in [5.74, 6) is 2.85. The van der Waals surface area contributed by atoms with E-state index in [4.69, 9.17) is 4.42 Å². The van der Waals surface area contributed by atoms with Crippen molar-refractivity contribution in [1.29, 1.82) is 0 Å². The van der Waals surface area contributed by atoms with Crippen molar-refractivity contribution in [1.82, 2.24) is 15.5 Å². The number of hydrogen-bond acceptors (Lipinski definition) is 5. The Morgan fingerprint density at radius 2 is 2.25 bits per heavy atom. The third kappa shape index (κ3) is 3.00. The van der Waals surface area contributed by atoms with Crippen LogP contribution in [0.1, 0.15) is 51.3 Å². The van der Waals surface area contributed by atoms with Gasteiger partial charge in [0.1, 0.15) is 0 Å². The summed E-state index contributed by atoms with van der Waals surface area (Å²) in [5, 5.41) is 11.5. The minimum absolute atomic E-state index is 0.0804. The first kappa shape index (κ1) is 13.9. The molecule has 1 aromatic rings.